The van der Waals surface area contributed by atoms with Crippen LogP contribution in [0.5, 0.6) is 0 Å². The van der Waals surface area contributed by atoms with Crippen molar-refractivity contribution in [2.45, 2.75) is 26.3 Å². The zero-order valence-electron chi connectivity index (χ0n) is 11.3. The van der Waals surface area contributed by atoms with Crippen LogP contribution >= 0.6 is 11.6 Å². The lowest BCUT2D eigenvalue weighted by Crippen LogP contribution is -2.30. The van der Waals surface area contributed by atoms with Gasteiger partial charge >= 0.3 is 0 Å². The number of nitro groups is 1. The zero-order valence-corrected chi connectivity index (χ0v) is 12.0. The van der Waals surface area contributed by atoms with Gasteiger partial charge in [0, 0.05) is 22.8 Å². The lowest BCUT2D eigenvalue weighted by molar-refractivity contribution is -0.384. The largest absolute Gasteiger partial charge is 0.325 e. The van der Waals surface area contributed by atoms with Gasteiger partial charge in [0.2, 0.25) is 5.96 Å². The van der Waals surface area contributed by atoms with Gasteiger partial charge in [-0.1, -0.05) is 11.6 Å². The lowest BCUT2D eigenvalue weighted by atomic mass is 10.1. The molecule has 0 aliphatic heterocycles. The molecule has 0 unspecified atom stereocenters. The van der Waals surface area contributed by atoms with Crippen LogP contribution in [0, 0.1) is 21.6 Å². The molecule has 7 nitrogen and oxygen atoms in total. The van der Waals surface area contributed by atoms with Gasteiger partial charge in [-0.05, 0) is 26.8 Å². The summed E-state index contributed by atoms with van der Waals surface area (Å²) >= 11 is 5.82. The molecule has 0 saturated carbocycles. The fraction of sp³-hybridized carbons (Fsp3) is 0.333. The summed E-state index contributed by atoms with van der Waals surface area (Å²) in [5.41, 5.74) is -0.196. The minimum absolute atomic E-state index is 0.146. The summed E-state index contributed by atoms with van der Waals surface area (Å²) in [6.07, 6.45) is 1.75. The molecule has 0 heterocycles. The third-order valence-electron chi connectivity index (χ3n) is 1.98. The Hall–Kier alpha value is -2.33. The summed E-state index contributed by atoms with van der Waals surface area (Å²) in [5, 5.41) is 24.9. The van der Waals surface area contributed by atoms with Crippen molar-refractivity contribution in [2.24, 2.45) is 4.99 Å². The number of hydrogen-bond acceptors (Lipinski definition) is 4. The van der Waals surface area contributed by atoms with E-state index in [1.165, 1.54) is 18.2 Å². The maximum absolute atomic E-state index is 10.8. The number of nitrogens with one attached hydrogen (secondary N) is 2. The first-order chi connectivity index (χ1) is 9.21. The Morgan fingerprint density at radius 3 is 2.60 bits per heavy atom. The van der Waals surface area contributed by atoms with Crippen LogP contribution in [0.15, 0.2) is 23.2 Å². The van der Waals surface area contributed by atoms with Gasteiger partial charge in [0.15, 0.2) is 6.19 Å². The van der Waals surface area contributed by atoms with Gasteiger partial charge in [-0.3, -0.25) is 15.4 Å². The van der Waals surface area contributed by atoms with E-state index in [1.807, 2.05) is 20.8 Å². The number of anilines is 1. The van der Waals surface area contributed by atoms with Crippen LogP contribution in [0.1, 0.15) is 20.8 Å². The zero-order chi connectivity index (χ0) is 15.3. The lowest BCUT2D eigenvalue weighted by Gasteiger charge is -2.16. The predicted octanol–water partition coefficient (Wildman–Crippen LogP) is 2.89. The average molecular weight is 296 g/mol. The molecule has 0 bridgehead atoms. The molecule has 1 aromatic carbocycles. The summed E-state index contributed by atoms with van der Waals surface area (Å²) in [6, 6.07) is 4.06. The standard InChI is InChI=1S/C12H14ClN5O2/c1-12(2,3)17-11(15-7-14)16-9-4-8(13)5-10(6-9)18(19)20/h4-6H,1-3H3,(H2,15,16,17). The van der Waals surface area contributed by atoms with Crippen molar-refractivity contribution in [2.75, 3.05) is 5.32 Å². The van der Waals surface area contributed by atoms with Crippen molar-refractivity contribution in [3.63, 3.8) is 0 Å². The van der Waals surface area contributed by atoms with Gasteiger partial charge in [-0.2, -0.15) is 5.26 Å². The first-order valence-corrected chi connectivity index (χ1v) is 6.06. The molecule has 1 aromatic rings. The first-order valence-electron chi connectivity index (χ1n) is 5.68. The molecule has 1 rings (SSSR count). The molecule has 8 heteroatoms. The summed E-state index contributed by atoms with van der Waals surface area (Å²) in [4.78, 5) is 14.5. The number of hydrogen-bond donors (Lipinski definition) is 2. The van der Waals surface area contributed by atoms with Crippen molar-refractivity contribution in [1.82, 2.24) is 5.32 Å². The summed E-state index contributed by atoms with van der Waals surface area (Å²) in [5.74, 6) is 0.191. The second kappa shape index (κ2) is 6.21. The van der Waals surface area contributed by atoms with E-state index in [4.69, 9.17) is 16.9 Å². The van der Waals surface area contributed by atoms with E-state index in [9.17, 15) is 10.1 Å². The number of nitrogens with zero attached hydrogens (tertiary/aromatic N) is 3. The van der Waals surface area contributed by atoms with Crippen molar-refractivity contribution in [1.29, 1.82) is 5.26 Å². The predicted molar refractivity (Wildman–Crippen MR) is 77.7 cm³/mol. The van der Waals surface area contributed by atoms with Crippen LogP contribution in [0.25, 0.3) is 0 Å². The molecule has 0 saturated heterocycles. The number of non-ortho nitro benzene ring substituents is 1. The molecule has 106 valence electrons. The Kier molecular flexibility index (Phi) is 4.88. The van der Waals surface area contributed by atoms with E-state index in [0.29, 0.717) is 5.69 Å². The van der Waals surface area contributed by atoms with E-state index in [0.717, 1.165) is 0 Å². The Bertz CT molecular complexity index is 586. The molecule has 0 aliphatic carbocycles. The van der Waals surface area contributed by atoms with E-state index in [-0.39, 0.29) is 16.7 Å². The van der Waals surface area contributed by atoms with Crippen LogP contribution in [0.3, 0.4) is 0 Å². The highest BCUT2D eigenvalue weighted by molar-refractivity contribution is 6.31. The van der Waals surface area contributed by atoms with Gasteiger partial charge in [0.25, 0.3) is 5.69 Å². The number of guanidine groups is 1. The van der Waals surface area contributed by atoms with Crippen LogP contribution < -0.4 is 10.6 Å². The fourth-order valence-electron chi connectivity index (χ4n) is 1.36. The second-order valence-electron chi connectivity index (χ2n) is 4.95. The van der Waals surface area contributed by atoms with Crippen LogP contribution in [0.4, 0.5) is 11.4 Å². The van der Waals surface area contributed by atoms with E-state index < -0.39 is 10.5 Å². The van der Waals surface area contributed by atoms with Crippen molar-refractivity contribution in [3.05, 3.63) is 33.3 Å². The smallest absolute Gasteiger partial charge is 0.272 e. The van der Waals surface area contributed by atoms with Gasteiger partial charge in [0.05, 0.1) is 10.5 Å². The molecule has 2 N–H and O–H groups in total. The van der Waals surface area contributed by atoms with E-state index >= 15 is 0 Å². The quantitative estimate of drug-likeness (QED) is 0.218. The molecule has 0 spiro atoms. The summed E-state index contributed by atoms with van der Waals surface area (Å²) < 4.78 is 0. The summed E-state index contributed by atoms with van der Waals surface area (Å²) in [7, 11) is 0. The topological polar surface area (TPSA) is 103 Å². The van der Waals surface area contributed by atoms with Crippen LogP contribution in [0.2, 0.25) is 5.02 Å². The third-order valence-corrected chi connectivity index (χ3v) is 2.20. The Morgan fingerprint density at radius 2 is 2.10 bits per heavy atom. The molecule has 20 heavy (non-hydrogen) atoms. The minimum atomic E-state index is -0.546. The maximum atomic E-state index is 10.8. The Labute approximate surface area is 121 Å². The van der Waals surface area contributed by atoms with Gasteiger partial charge in [-0.15, -0.1) is 0 Å². The number of rotatable bonds is 2. The third kappa shape index (κ3) is 5.12. The highest BCUT2D eigenvalue weighted by Gasteiger charge is 2.13. The number of nitriles is 1. The van der Waals surface area contributed by atoms with Crippen molar-refractivity contribution in [3.8, 4) is 6.19 Å². The molecular weight excluding hydrogens is 282 g/mol. The highest BCUT2D eigenvalue weighted by Crippen LogP contribution is 2.24. The van der Waals surface area contributed by atoms with Gasteiger partial charge in [-0.25, -0.2) is 4.99 Å². The first kappa shape index (κ1) is 15.7. The minimum Gasteiger partial charge on any atom is -0.325 e. The molecule has 0 fully saturated rings. The fourth-order valence-corrected chi connectivity index (χ4v) is 1.59. The molecule has 0 atom stereocenters. The molecular formula is C12H14ClN5O2. The monoisotopic (exact) mass is 295 g/mol. The average Bonchev–Trinajstić information content (AvgIpc) is 2.25. The van der Waals surface area contributed by atoms with Crippen LogP contribution in [-0.4, -0.2) is 16.4 Å². The molecule has 0 radical (unpaired) electrons. The number of aliphatic imine (C=N–C) groups is 1. The van der Waals surface area contributed by atoms with Gasteiger partial charge in [0.1, 0.15) is 0 Å². The molecule has 0 amide bonds. The number of benzene rings is 1. The highest BCUT2D eigenvalue weighted by atomic mass is 35.5. The Morgan fingerprint density at radius 1 is 1.45 bits per heavy atom. The summed E-state index contributed by atoms with van der Waals surface area (Å²) in [6.45, 7) is 5.57. The van der Waals surface area contributed by atoms with E-state index in [1.54, 1.807) is 6.19 Å². The maximum Gasteiger partial charge on any atom is 0.272 e. The molecule has 0 aliphatic rings. The SMILES string of the molecule is CC(C)(C)N=C(NC#N)Nc1cc(Cl)cc([N+](=O)[O-])c1. The van der Waals surface area contributed by atoms with E-state index in [2.05, 4.69) is 15.6 Å². The molecule has 0 aromatic heterocycles. The number of nitro benzene ring substituents is 1. The van der Waals surface area contributed by atoms with Crippen molar-refractivity contribution >= 4 is 28.9 Å². The van der Waals surface area contributed by atoms with Crippen molar-refractivity contribution < 1.29 is 4.92 Å². The number of halogens is 1. The van der Waals surface area contributed by atoms with Crippen LogP contribution in [-0.2, 0) is 0 Å². The van der Waals surface area contributed by atoms with Gasteiger partial charge < -0.3 is 5.32 Å². The second-order valence-corrected chi connectivity index (χ2v) is 5.38. The Balaban J connectivity index is 3.09. The normalized spacial score (nSPS) is 11.7.